The minimum absolute atomic E-state index is 0.381. The molecule has 0 aliphatic carbocycles. The molecule has 0 aliphatic heterocycles. The second kappa shape index (κ2) is 5.47. The largest absolute Gasteiger partial charge is 0.313 e. The average molecular weight is 187 g/mol. The molecule has 0 fully saturated rings. The Balaban J connectivity index is 2.74. The van der Waals surface area contributed by atoms with Gasteiger partial charge in [0.15, 0.2) is 0 Å². The minimum atomic E-state index is 0.381. The molecular formula is C13H17N. The van der Waals surface area contributed by atoms with Crippen molar-refractivity contribution in [2.75, 3.05) is 7.05 Å². The molecule has 1 rings (SSSR count). The first kappa shape index (κ1) is 10.8. The molecule has 0 radical (unpaired) electrons. The van der Waals surface area contributed by atoms with Crippen LogP contribution in [0.25, 0.3) is 0 Å². The van der Waals surface area contributed by atoms with Gasteiger partial charge in [0.05, 0.1) is 0 Å². The van der Waals surface area contributed by atoms with E-state index >= 15 is 0 Å². The molecule has 1 heteroatoms. The van der Waals surface area contributed by atoms with Gasteiger partial charge in [-0.15, -0.1) is 12.3 Å². The van der Waals surface area contributed by atoms with Crippen molar-refractivity contribution in [3.8, 4) is 12.3 Å². The van der Waals surface area contributed by atoms with Gasteiger partial charge in [0.1, 0.15) is 0 Å². The maximum Gasteiger partial charge on any atom is 0.0326 e. The molecule has 0 spiro atoms. The van der Waals surface area contributed by atoms with Gasteiger partial charge >= 0.3 is 0 Å². The van der Waals surface area contributed by atoms with Crippen molar-refractivity contribution in [3.05, 3.63) is 35.4 Å². The summed E-state index contributed by atoms with van der Waals surface area (Å²) >= 11 is 0. The van der Waals surface area contributed by atoms with Gasteiger partial charge in [0.2, 0.25) is 0 Å². The van der Waals surface area contributed by atoms with E-state index in [1.165, 1.54) is 11.1 Å². The third kappa shape index (κ3) is 2.90. The summed E-state index contributed by atoms with van der Waals surface area (Å²) in [6, 6.07) is 8.93. The Hall–Kier alpha value is -1.26. The van der Waals surface area contributed by atoms with Crippen molar-refractivity contribution in [2.24, 2.45) is 0 Å². The summed E-state index contributed by atoms with van der Waals surface area (Å²) in [4.78, 5) is 0. The monoisotopic (exact) mass is 187 g/mol. The molecule has 0 heterocycles. The third-order valence-corrected chi connectivity index (χ3v) is 2.37. The molecule has 0 saturated heterocycles. The van der Waals surface area contributed by atoms with Crippen molar-refractivity contribution in [3.63, 3.8) is 0 Å². The first-order valence-corrected chi connectivity index (χ1v) is 4.95. The van der Waals surface area contributed by atoms with Crippen LogP contribution in [0.1, 0.15) is 30.0 Å². The lowest BCUT2D eigenvalue weighted by Gasteiger charge is -2.15. The number of terminal acetylenes is 1. The predicted octanol–water partition coefficient (Wildman–Crippen LogP) is 2.67. The molecule has 0 aromatic heterocycles. The van der Waals surface area contributed by atoms with Crippen LogP contribution < -0.4 is 5.32 Å². The van der Waals surface area contributed by atoms with Crippen molar-refractivity contribution >= 4 is 0 Å². The molecule has 0 saturated carbocycles. The van der Waals surface area contributed by atoms with Crippen LogP contribution in [0.15, 0.2) is 24.3 Å². The second-order valence-electron chi connectivity index (χ2n) is 3.50. The lowest BCUT2D eigenvalue weighted by Crippen LogP contribution is -2.16. The first-order chi connectivity index (χ1) is 6.77. The molecule has 1 unspecified atom stereocenters. The molecule has 1 nitrogen and oxygen atoms in total. The Morgan fingerprint density at radius 3 is 2.86 bits per heavy atom. The van der Waals surface area contributed by atoms with Gasteiger partial charge in [0.25, 0.3) is 0 Å². The summed E-state index contributed by atoms with van der Waals surface area (Å²) in [6.07, 6.45) is 7.08. The quantitative estimate of drug-likeness (QED) is 0.715. The first-order valence-electron chi connectivity index (χ1n) is 4.95. The van der Waals surface area contributed by atoms with E-state index in [1.807, 2.05) is 7.05 Å². The van der Waals surface area contributed by atoms with E-state index in [1.54, 1.807) is 0 Å². The van der Waals surface area contributed by atoms with Gasteiger partial charge in [-0.2, -0.15) is 0 Å². The summed E-state index contributed by atoms with van der Waals surface area (Å²) in [5.74, 6) is 2.68. The highest BCUT2D eigenvalue weighted by molar-refractivity contribution is 5.25. The summed E-state index contributed by atoms with van der Waals surface area (Å²) in [5, 5.41) is 3.28. The SMILES string of the molecule is C#CCCC(NC)c1cccc(C)c1. The standard InChI is InChI=1S/C13H17N/c1-4-5-9-13(14-3)12-8-6-7-11(2)10-12/h1,6-8,10,13-14H,5,9H2,2-3H3. The Kier molecular flexibility index (Phi) is 4.22. The fraction of sp³-hybridized carbons (Fsp3) is 0.385. The maximum absolute atomic E-state index is 5.26. The van der Waals surface area contributed by atoms with Crippen LogP contribution in [0, 0.1) is 19.3 Å². The van der Waals surface area contributed by atoms with Crippen LogP contribution in [-0.4, -0.2) is 7.05 Å². The fourth-order valence-corrected chi connectivity index (χ4v) is 1.59. The topological polar surface area (TPSA) is 12.0 Å². The Morgan fingerprint density at radius 1 is 1.50 bits per heavy atom. The lowest BCUT2D eigenvalue weighted by atomic mass is 10.0. The number of hydrogen-bond acceptors (Lipinski definition) is 1. The number of aryl methyl sites for hydroxylation is 1. The molecule has 1 atom stereocenters. The molecular weight excluding hydrogens is 170 g/mol. The molecule has 1 aromatic rings. The zero-order chi connectivity index (χ0) is 10.4. The van der Waals surface area contributed by atoms with Crippen LogP contribution >= 0.6 is 0 Å². The smallest absolute Gasteiger partial charge is 0.0326 e. The summed E-state index contributed by atoms with van der Waals surface area (Å²) in [6.45, 7) is 2.11. The van der Waals surface area contributed by atoms with Crippen molar-refractivity contribution in [1.29, 1.82) is 0 Å². The van der Waals surface area contributed by atoms with Gasteiger partial charge in [-0.25, -0.2) is 0 Å². The maximum atomic E-state index is 5.26. The van der Waals surface area contributed by atoms with Gasteiger partial charge < -0.3 is 5.32 Å². The normalized spacial score (nSPS) is 12.1. The van der Waals surface area contributed by atoms with Crippen LogP contribution in [0.3, 0.4) is 0 Å². The van der Waals surface area contributed by atoms with E-state index in [9.17, 15) is 0 Å². The van der Waals surface area contributed by atoms with Gasteiger partial charge in [-0.1, -0.05) is 29.8 Å². The molecule has 0 amide bonds. The summed E-state index contributed by atoms with van der Waals surface area (Å²) in [5.41, 5.74) is 2.62. The van der Waals surface area contributed by atoms with E-state index < -0.39 is 0 Å². The van der Waals surface area contributed by atoms with E-state index in [0.717, 1.165) is 12.8 Å². The van der Waals surface area contributed by atoms with Crippen LogP contribution in [0.4, 0.5) is 0 Å². The van der Waals surface area contributed by atoms with Gasteiger partial charge in [0, 0.05) is 12.5 Å². The lowest BCUT2D eigenvalue weighted by molar-refractivity contribution is 0.558. The van der Waals surface area contributed by atoms with E-state index in [-0.39, 0.29) is 0 Å². The number of benzene rings is 1. The third-order valence-electron chi connectivity index (χ3n) is 2.37. The molecule has 1 aromatic carbocycles. The van der Waals surface area contributed by atoms with Gasteiger partial charge in [-0.3, -0.25) is 0 Å². The van der Waals surface area contributed by atoms with Crippen LogP contribution in [-0.2, 0) is 0 Å². The Labute approximate surface area is 86.5 Å². The minimum Gasteiger partial charge on any atom is -0.313 e. The molecule has 14 heavy (non-hydrogen) atoms. The van der Waals surface area contributed by atoms with Gasteiger partial charge in [-0.05, 0) is 26.0 Å². The predicted molar refractivity (Wildman–Crippen MR) is 61.0 cm³/mol. The zero-order valence-electron chi connectivity index (χ0n) is 8.88. The van der Waals surface area contributed by atoms with E-state index in [2.05, 4.69) is 42.4 Å². The molecule has 0 aliphatic rings. The fourth-order valence-electron chi connectivity index (χ4n) is 1.59. The highest BCUT2D eigenvalue weighted by Gasteiger charge is 2.07. The van der Waals surface area contributed by atoms with Crippen molar-refractivity contribution in [1.82, 2.24) is 5.32 Å². The van der Waals surface area contributed by atoms with Crippen molar-refractivity contribution < 1.29 is 0 Å². The summed E-state index contributed by atoms with van der Waals surface area (Å²) in [7, 11) is 1.98. The van der Waals surface area contributed by atoms with Crippen LogP contribution in [0.5, 0.6) is 0 Å². The average Bonchev–Trinajstić information content (AvgIpc) is 2.19. The second-order valence-corrected chi connectivity index (χ2v) is 3.50. The van der Waals surface area contributed by atoms with Crippen LogP contribution in [0.2, 0.25) is 0 Å². The highest BCUT2D eigenvalue weighted by Crippen LogP contribution is 2.18. The summed E-state index contributed by atoms with van der Waals surface area (Å²) < 4.78 is 0. The number of rotatable bonds is 4. The molecule has 0 bridgehead atoms. The zero-order valence-corrected chi connectivity index (χ0v) is 8.88. The Bertz CT molecular complexity index is 322. The van der Waals surface area contributed by atoms with E-state index in [0.29, 0.717) is 6.04 Å². The molecule has 1 N–H and O–H groups in total. The molecule has 74 valence electrons. The highest BCUT2D eigenvalue weighted by atomic mass is 14.9. The number of nitrogens with one attached hydrogen (secondary N) is 1. The van der Waals surface area contributed by atoms with Crippen molar-refractivity contribution in [2.45, 2.75) is 25.8 Å². The van der Waals surface area contributed by atoms with E-state index in [4.69, 9.17) is 6.42 Å². The number of hydrogen-bond donors (Lipinski definition) is 1. The Morgan fingerprint density at radius 2 is 2.29 bits per heavy atom.